The maximum absolute atomic E-state index is 4.35. The van der Waals surface area contributed by atoms with Gasteiger partial charge in [0.1, 0.15) is 0 Å². The van der Waals surface area contributed by atoms with Gasteiger partial charge in [0.05, 0.1) is 11.5 Å². The zero-order chi connectivity index (χ0) is 9.80. The summed E-state index contributed by atoms with van der Waals surface area (Å²) in [5.41, 5.74) is 1.14. The Morgan fingerprint density at radius 2 is 2.50 bits per heavy atom. The Kier molecular flexibility index (Phi) is 2.81. The van der Waals surface area contributed by atoms with Gasteiger partial charge in [-0.2, -0.15) is 5.10 Å². The van der Waals surface area contributed by atoms with Gasteiger partial charge in [0.2, 0.25) is 0 Å². The van der Waals surface area contributed by atoms with E-state index < -0.39 is 0 Å². The van der Waals surface area contributed by atoms with Crippen LogP contribution in [-0.2, 0) is 13.5 Å². The molecule has 1 N–H and O–H groups in total. The lowest BCUT2D eigenvalue weighted by Gasteiger charge is -2.03. The summed E-state index contributed by atoms with van der Waals surface area (Å²) in [6, 6.07) is 2.05. The molecule has 0 amide bonds. The average Bonchev–Trinajstić information content (AvgIpc) is 2.77. The van der Waals surface area contributed by atoms with Gasteiger partial charge < -0.3 is 5.32 Å². The Bertz CT molecular complexity index is 327. The molecule has 2 rings (SSSR count). The van der Waals surface area contributed by atoms with Crippen LogP contribution < -0.4 is 5.32 Å². The average molecular weight is 192 g/mol. The largest absolute Gasteiger partial charge is 0.373 e. The normalized spacial score (nSPS) is 15.6. The summed E-state index contributed by atoms with van der Waals surface area (Å²) in [6.45, 7) is 1.93. The van der Waals surface area contributed by atoms with Crippen LogP contribution in [0.15, 0.2) is 17.3 Å². The van der Waals surface area contributed by atoms with Gasteiger partial charge in [-0.15, -0.1) is 0 Å². The lowest BCUT2D eigenvalue weighted by Crippen LogP contribution is -2.23. The molecule has 0 bridgehead atoms. The van der Waals surface area contributed by atoms with Crippen molar-refractivity contribution in [3.63, 3.8) is 0 Å². The summed E-state index contributed by atoms with van der Waals surface area (Å²) in [5.74, 6) is 1.17. The highest BCUT2D eigenvalue weighted by atomic mass is 15.2. The molecule has 1 aromatic rings. The number of nitrogens with zero attached hydrogens (tertiary/aromatic N) is 3. The van der Waals surface area contributed by atoms with Crippen molar-refractivity contribution in [2.75, 3.05) is 13.1 Å². The summed E-state index contributed by atoms with van der Waals surface area (Å²) in [7, 11) is 1.94. The Hall–Kier alpha value is -1.32. The second kappa shape index (κ2) is 4.26. The summed E-state index contributed by atoms with van der Waals surface area (Å²) >= 11 is 0. The zero-order valence-corrected chi connectivity index (χ0v) is 8.53. The highest BCUT2D eigenvalue weighted by molar-refractivity contribution is 5.83. The summed E-state index contributed by atoms with van der Waals surface area (Å²) in [5, 5.41) is 7.65. The Balaban J connectivity index is 1.72. The SMILES string of the molecule is Cn1ccc(CCNC2=NCCC2)n1. The van der Waals surface area contributed by atoms with Crippen LogP contribution in [0.3, 0.4) is 0 Å². The third-order valence-electron chi connectivity index (χ3n) is 2.35. The van der Waals surface area contributed by atoms with Crippen molar-refractivity contribution in [2.45, 2.75) is 19.3 Å². The lowest BCUT2D eigenvalue weighted by molar-refractivity contribution is 0.729. The predicted molar refractivity (Wildman–Crippen MR) is 56.5 cm³/mol. The summed E-state index contributed by atoms with van der Waals surface area (Å²) in [6.07, 6.45) is 5.26. The molecule has 2 heterocycles. The van der Waals surface area contributed by atoms with Gasteiger partial charge in [-0.3, -0.25) is 9.67 Å². The van der Waals surface area contributed by atoms with E-state index >= 15 is 0 Å². The van der Waals surface area contributed by atoms with Gasteiger partial charge in [-0.1, -0.05) is 0 Å². The number of rotatable bonds is 3. The molecule has 1 aliphatic rings. The van der Waals surface area contributed by atoms with Crippen molar-refractivity contribution in [2.24, 2.45) is 12.0 Å². The second-order valence-corrected chi connectivity index (χ2v) is 3.59. The monoisotopic (exact) mass is 192 g/mol. The molecule has 0 radical (unpaired) electrons. The zero-order valence-electron chi connectivity index (χ0n) is 8.53. The number of hydrogen-bond acceptors (Lipinski definition) is 3. The predicted octanol–water partition coefficient (Wildman–Crippen LogP) is 0.744. The molecule has 0 saturated carbocycles. The topological polar surface area (TPSA) is 42.2 Å². The molecule has 76 valence electrons. The van der Waals surface area contributed by atoms with Crippen LogP contribution in [0.1, 0.15) is 18.5 Å². The van der Waals surface area contributed by atoms with Gasteiger partial charge in [0, 0.05) is 39.2 Å². The van der Waals surface area contributed by atoms with E-state index in [2.05, 4.69) is 21.5 Å². The van der Waals surface area contributed by atoms with Crippen LogP contribution in [0.5, 0.6) is 0 Å². The molecule has 0 aliphatic carbocycles. The quantitative estimate of drug-likeness (QED) is 0.767. The molecule has 0 saturated heterocycles. The first kappa shape index (κ1) is 9.24. The number of aliphatic imine (C=N–C) groups is 1. The van der Waals surface area contributed by atoms with Crippen molar-refractivity contribution < 1.29 is 0 Å². The van der Waals surface area contributed by atoms with Gasteiger partial charge in [0.15, 0.2) is 0 Å². The van der Waals surface area contributed by atoms with Crippen molar-refractivity contribution in [3.05, 3.63) is 18.0 Å². The van der Waals surface area contributed by atoms with Crippen LogP contribution in [-0.4, -0.2) is 28.7 Å². The van der Waals surface area contributed by atoms with E-state index in [-0.39, 0.29) is 0 Å². The molecule has 4 heteroatoms. The first-order valence-electron chi connectivity index (χ1n) is 5.10. The van der Waals surface area contributed by atoms with E-state index in [0.717, 1.165) is 31.6 Å². The van der Waals surface area contributed by atoms with Gasteiger partial charge in [0.25, 0.3) is 0 Å². The molecule has 0 fully saturated rings. The molecule has 0 spiro atoms. The molecular weight excluding hydrogens is 176 g/mol. The third kappa shape index (κ3) is 2.34. The minimum absolute atomic E-state index is 0.940. The number of amidine groups is 1. The molecule has 14 heavy (non-hydrogen) atoms. The minimum atomic E-state index is 0.940. The van der Waals surface area contributed by atoms with Gasteiger partial charge >= 0.3 is 0 Å². The van der Waals surface area contributed by atoms with Crippen molar-refractivity contribution >= 4 is 5.84 Å². The fraction of sp³-hybridized carbons (Fsp3) is 0.600. The Morgan fingerprint density at radius 3 is 3.14 bits per heavy atom. The lowest BCUT2D eigenvalue weighted by atomic mass is 10.3. The van der Waals surface area contributed by atoms with E-state index in [0.29, 0.717) is 0 Å². The van der Waals surface area contributed by atoms with E-state index in [4.69, 9.17) is 0 Å². The molecular formula is C10H16N4. The van der Waals surface area contributed by atoms with Crippen LogP contribution in [0.2, 0.25) is 0 Å². The molecule has 0 unspecified atom stereocenters. The maximum atomic E-state index is 4.35. The maximum Gasteiger partial charge on any atom is 0.0963 e. The summed E-state index contributed by atoms with van der Waals surface area (Å²) < 4.78 is 1.84. The van der Waals surface area contributed by atoms with Crippen molar-refractivity contribution in [1.29, 1.82) is 0 Å². The van der Waals surface area contributed by atoms with Crippen molar-refractivity contribution in [1.82, 2.24) is 15.1 Å². The van der Waals surface area contributed by atoms with Crippen LogP contribution >= 0.6 is 0 Å². The summed E-state index contributed by atoms with van der Waals surface area (Å²) in [4.78, 5) is 4.35. The second-order valence-electron chi connectivity index (χ2n) is 3.59. The first-order valence-corrected chi connectivity index (χ1v) is 5.10. The van der Waals surface area contributed by atoms with E-state index in [9.17, 15) is 0 Å². The highest BCUT2D eigenvalue weighted by Gasteiger charge is 2.04. The smallest absolute Gasteiger partial charge is 0.0963 e. The Labute approximate surface area is 84.0 Å². The number of nitrogens with one attached hydrogen (secondary N) is 1. The fourth-order valence-corrected chi connectivity index (χ4v) is 1.62. The van der Waals surface area contributed by atoms with Crippen molar-refractivity contribution in [3.8, 4) is 0 Å². The number of aryl methyl sites for hydroxylation is 1. The Morgan fingerprint density at radius 1 is 1.57 bits per heavy atom. The first-order chi connectivity index (χ1) is 6.84. The standard InChI is InChI=1S/C10H16N4/c1-14-8-5-9(13-14)4-7-12-10-3-2-6-11-10/h5,8H,2-4,6-7H2,1H3,(H,11,12). The number of hydrogen-bond donors (Lipinski definition) is 1. The van der Waals surface area contributed by atoms with Gasteiger partial charge in [-0.05, 0) is 12.5 Å². The van der Waals surface area contributed by atoms with E-state index in [1.165, 1.54) is 12.3 Å². The van der Waals surface area contributed by atoms with Crippen LogP contribution in [0.4, 0.5) is 0 Å². The molecule has 4 nitrogen and oxygen atoms in total. The highest BCUT2D eigenvalue weighted by Crippen LogP contribution is 2.01. The van der Waals surface area contributed by atoms with Crippen LogP contribution in [0.25, 0.3) is 0 Å². The number of aromatic nitrogens is 2. The van der Waals surface area contributed by atoms with Gasteiger partial charge in [-0.25, -0.2) is 0 Å². The minimum Gasteiger partial charge on any atom is -0.373 e. The van der Waals surface area contributed by atoms with E-state index in [1.54, 1.807) is 0 Å². The molecule has 1 aromatic heterocycles. The van der Waals surface area contributed by atoms with E-state index in [1.807, 2.05) is 17.9 Å². The molecule has 0 atom stereocenters. The van der Waals surface area contributed by atoms with Crippen LogP contribution in [0, 0.1) is 0 Å². The fourth-order valence-electron chi connectivity index (χ4n) is 1.62. The third-order valence-corrected chi connectivity index (χ3v) is 2.35. The molecule has 1 aliphatic heterocycles. The molecule has 0 aromatic carbocycles.